The van der Waals surface area contributed by atoms with Crippen LogP contribution in [-0.2, 0) is 13.1 Å². The van der Waals surface area contributed by atoms with Crippen molar-refractivity contribution in [3.8, 4) is 5.69 Å². The fourth-order valence-corrected chi connectivity index (χ4v) is 4.78. The Kier molecular flexibility index (Phi) is 7.58. The summed E-state index contributed by atoms with van der Waals surface area (Å²) in [6, 6.07) is 21.9. The van der Waals surface area contributed by atoms with Gasteiger partial charge in [0.05, 0.1) is 36.4 Å². The molecule has 0 unspecified atom stereocenters. The number of anilines is 3. The first-order valence-electron chi connectivity index (χ1n) is 13.1. The monoisotopic (exact) mass is 523 g/mol. The van der Waals surface area contributed by atoms with Crippen molar-refractivity contribution >= 4 is 28.0 Å². The Morgan fingerprint density at radius 1 is 0.846 bits per heavy atom. The molecule has 0 spiro atoms. The molecule has 5 aromatic rings. The standard InChI is InChI=1S/C30H33N7O2/c1-5-36(6-2)25-15-14-22-17-28(30(38)39-29(22)18-25)37-21-24(32-33-37)20-35(4)27-13-8-7-12-26(27)34(3)19-23-11-9-10-16-31-23/h7-18,21H,5-6,19-20H2,1-4H3. The quantitative estimate of drug-likeness (QED) is 0.239. The number of para-hydroxylation sites is 2. The minimum absolute atomic E-state index is 0.329. The maximum atomic E-state index is 12.9. The predicted octanol–water partition coefficient (Wildman–Crippen LogP) is 4.89. The Bertz CT molecular complexity index is 1610. The maximum absolute atomic E-state index is 12.9. The molecule has 0 radical (unpaired) electrons. The van der Waals surface area contributed by atoms with Crippen molar-refractivity contribution in [3.63, 3.8) is 0 Å². The van der Waals surface area contributed by atoms with Crippen LogP contribution in [-0.4, -0.2) is 47.2 Å². The van der Waals surface area contributed by atoms with Crippen LogP contribution >= 0.6 is 0 Å². The van der Waals surface area contributed by atoms with Crippen molar-refractivity contribution < 1.29 is 4.42 Å². The van der Waals surface area contributed by atoms with Crippen molar-refractivity contribution in [1.29, 1.82) is 0 Å². The number of aromatic nitrogens is 4. The molecule has 0 atom stereocenters. The zero-order valence-corrected chi connectivity index (χ0v) is 22.8. The van der Waals surface area contributed by atoms with E-state index in [1.165, 1.54) is 4.68 Å². The minimum atomic E-state index is -0.453. The molecule has 0 aliphatic rings. The van der Waals surface area contributed by atoms with Crippen LogP contribution < -0.4 is 20.3 Å². The zero-order chi connectivity index (χ0) is 27.4. The molecule has 5 rings (SSSR count). The van der Waals surface area contributed by atoms with Gasteiger partial charge in [0.2, 0.25) is 0 Å². The Balaban J connectivity index is 1.35. The second-order valence-electron chi connectivity index (χ2n) is 9.49. The van der Waals surface area contributed by atoms with Crippen LogP contribution in [0.4, 0.5) is 17.1 Å². The normalized spacial score (nSPS) is 11.1. The van der Waals surface area contributed by atoms with Crippen LogP contribution in [0.15, 0.2) is 88.3 Å². The lowest BCUT2D eigenvalue weighted by molar-refractivity contribution is 0.550. The number of fused-ring (bicyclic) bond motifs is 1. The summed E-state index contributed by atoms with van der Waals surface area (Å²) in [4.78, 5) is 23.8. The molecule has 200 valence electrons. The van der Waals surface area contributed by atoms with Crippen LogP contribution in [0.3, 0.4) is 0 Å². The molecular weight excluding hydrogens is 490 g/mol. The van der Waals surface area contributed by atoms with Gasteiger partial charge in [0.15, 0.2) is 5.69 Å². The van der Waals surface area contributed by atoms with Gasteiger partial charge in [-0.2, -0.15) is 0 Å². The molecule has 0 aliphatic heterocycles. The maximum Gasteiger partial charge on any atom is 0.362 e. The summed E-state index contributed by atoms with van der Waals surface area (Å²) >= 11 is 0. The highest BCUT2D eigenvalue weighted by atomic mass is 16.4. The Labute approximate surface area is 227 Å². The summed E-state index contributed by atoms with van der Waals surface area (Å²) in [5.41, 5.74) is 5.33. The van der Waals surface area contributed by atoms with Gasteiger partial charge in [-0.1, -0.05) is 23.4 Å². The topological polar surface area (TPSA) is 83.5 Å². The molecule has 0 saturated heterocycles. The van der Waals surface area contributed by atoms with Gasteiger partial charge in [0.1, 0.15) is 11.3 Å². The van der Waals surface area contributed by atoms with Gasteiger partial charge in [-0.25, -0.2) is 9.48 Å². The molecule has 3 heterocycles. The average molecular weight is 524 g/mol. The van der Waals surface area contributed by atoms with E-state index >= 15 is 0 Å². The zero-order valence-electron chi connectivity index (χ0n) is 22.8. The fraction of sp³-hybridized carbons (Fsp3) is 0.267. The molecule has 2 aromatic carbocycles. The van der Waals surface area contributed by atoms with Gasteiger partial charge in [-0.15, -0.1) is 5.10 Å². The molecule has 0 aliphatic carbocycles. The molecule has 0 saturated carbocycles. The van der Waals surface area contributed by atoms with E-state index in [0.717, 1.165) is 46.9 Å². The fourth-order valence-electron chi connectivity index (χ4n) is 4.78. The van der Waals surface area contributed by atoms with Crippen LogP contribution in [0, 0.1) is 0 Å². The van der Waals surface area contributed by atoms with Crippen LogP contribution in [0.25, 0.3) is 16.7 Å². The molecule has 3 aromatic heterocycles. The van der Waals surface area contributed by atoms with Crippen molar-refractivity contribution in [2.45, 2.75) is 26.9 Å². The van der Waals surface area contributed by atoms with Gasteiger partial charge in [0, 0.05) is 50.5 Å². The number of pyridine rings is 1. The first-order chi connectivity index (χ1) is 19.0. The van der Waals surface area contributed by atoms with Crippen LogP contribution in [0.5, 0.6) is 0 Å². The van der Waals surface area contributed by atoms with Gasteiger partial charge in [-0.05, 0) is 56.3 Å². The number of hydrogen-bond donors (Lipinski definition) is 0. The summed E-state index contributed by atoms with van der Waals surface area (Å²) in [6.07, 6.45) is 3.59. The molecule has 9 heteroatoms. The van der Waals surface area contributed by atoms with E-state index in [2.05, 4.69) is 63.0 Å². The van der Waals surface area contributed by atoms with Crippen LogP contribution in [0.2, 0.25) is 0 Å². The van der Waals surface area contributed by atoms with E-state index in [9.17, 15) is 4.79 Å². The Hall–Kier alpha value is -4.66. The number of nitrogens with zero attached hydrogens (tertiary/aromatic N) is 7. The highest BCUT2D eigenvalue weighted by Gasteiger charge is 2.16. The van der Waals surface area contributed by atoms with E-state index in [1.807, 2.05) is 61.8 Å². The molecule has 9 nitrogen and oxygen atoms in total. The average Bonchev–Trinajstić information content (AvgIpc) is 3.42. The molecule has 0 fully saturated rings. The summed E-state index contributed by atoms with van der Waals surface area (Å²) in [5, 5.41) is 9.41. The van der Waals surface area contributed by atoms with E-state index < -0.39 is 5.63 Å². The molecule has 0 bridgehead atoms. The van der Waals surface area contributed by atoms with Crippen molar-refractivity contribution in [2.24, 2.45) is 0 Å². The second kappa shape index (κ2) is 11.4. The summed E-state index contributed by atoms with van der Waals surface area (Å²) in [5.74, 6) is 0. The smallest absolute Gasteiger partial charge is 0.362 e. The lowest BCUT2D eigenvalue weighted by Crippen LogP contribution is -2.23. The highest BCUT2D eigenvalue weighted by Crippen LogP contribution is 2.29. The van der Waals surface area contributed by atoms with Crippen molar-refractivity contribution in [1.82, 2.24) is 20.0 Å². The molecule has 39 heavy (non-hydrogen) atoms. The summed E-state index contributed by atoms with van der Waals surface area (Å²) in [6.45, 7) is 7.17. The SMILES string of the molecule is CCN(CC)c1ccc2cc(-n3cc(CN(C)c4ccccc4N(C)Cc4ccccn4)nn3)c(=O)oc2c1. The third-order valence-corrected chi connectivity index (χ3v) is 6.85. The Morgan fingerprint density at radius 3 is 2.21 bits per heavy atom. The molecule has 0 N–H and O–H groups in total. The third kappa shape index (κ3) is 5.62. The van der Waals surface area contributed by atoms with E-state index in [0.29, 0.717) is 24.4 Å². The predicted molar refractivity (Wildman–Crippen MR) is 156 cm³/mol. The third-order valence-electron chi connectivity index (χ3n) is 6.85. The Morgan fingerprint density at radius 2 is 1.54 bits per heavy atom. The van der Waals surface area contributed by atoms with Gasteiger partial charge in [-0.3, -0.25) is 4.98 Å². The van der Waals surface area contributed by atoms with Gasteiger partial charge >= 0.3 is 5.63 Å². The van der Waals surface area contributed by atoms with E-state index in [1.54, 1.807) is 12.3 Å². The first-order valence-corrected chi connectivity index (χ1v) is 13.1. The molecule has 0 amide bonds. The number of rotatable bonds is 10. The van der Waals surface area contributed by atoms with E-state index in [-0.39, 0.29) is 0 Å². The van der Waals surface area contributed by atoms with Crippen LogP contribution in [0.1, 0.15) is 25.2 Å². The van der Waals surface area contributed by atoms with Gasteiger partial charge < -0.3 is 19.1 Å². The second-order valence-corrected chi connectivity index (χ2v) is 9.49. The highest BCUT2D eigenvalue weighted by molar-refractivity contribution is 5.82. The lowest BCUT2D eigenvalue weighted by atomic mass is 10.2. The lowest BCUT2D eigenvalue weighted by Gasteiger charge is -2.27. The largest absolute Gasteiger partial charge is 0.421 e. The first kappa shape index (κ1) is 26.0. The van der Waals surface area contributed by atoms with Crippen molar-refractivity contribution in [2.75, 3.05) is 41.9 Å². The molecular formula is C30H33N7O2. The summed E-state index contributed by atoms with van der Waals surface area (Å²) in [7, 11) is 4.08. The van der Waals surface area contributed by atoms with Crippen molar-refractivity contribution in [3.05, 3.63) is 101 Å². The number of hydrogen-bond acceptors (Lipinski definition) is 8. The summed E-state index contributed by atoms with van der Waals surface area (Å²) < 4.78 is 7.18. The van der Waals surface area contributed by atoms with Gasteiger partial charge in [0.25, 0.3) is 0 Å². The minimum Gasteiger partial charge on any atom is -0.421 e. The van der Waals surface area contributed by atoms with E-state index in [4.69, 9.17) is 4.42 Å². The number of benzene rings is 2.